The van der Waals surface area contributed by atoms with Crippen LogP contribution in [0.2, 0.25) is 5.02 Å². The lowest BCUT2D eigenvalue weighted by Gasteiger charge is -2.03. The van der Waals surface area contributed by atoms with Crippen LogP contribution in [0.5, 0.6) is 0 Å². The van der Waals surface area contributed by atoms with E-state index in [2.05, 4.69) is 15.6 Å². The van der Waals surface area contributed by atoms with Crippen molar-refractivity contribution in [2.75, 3.05) is 0 Å². The molecule has 0 aliphatic rings. The fourth-order valence-electron chi connectivity index (χ4n) is 2.48. The molecule has 126 valence electrons. The van der Waals surface area contributed by atoms with Crippen LogP contribution < -0.4 is 5.43 Å². The lowest BCUT2D eigenvalue weighted by Crippen LogP contribution is -2.17. The summed E-state index contributed by atoms with van der Waals surface area (Å²) >= 11 is 5.82. The van der Waals surface area contributed by atoms with Crippen molar-refractivity contribution in [1.82, 2.24) is 15.2 Å². The molecule has 0 bridgehead atoms. The summed E-state index contributed by atoms with van der Waals surface area (Å²) in [5.41, 5.74) is 6.66. The van der Waals surface area contributed by atoms with Crippen LogP contribution in [0.4, 0.5) is 0 Å². The summed E-state index contributed by atoms with van der Waals surface area (Å²) in [5.74, 6) is -0.293. The van der Waals surface area contributed by atoms with E-state index in [-0.39, 0.29) is 5.91 Å². The molecule has 0 spiro atoms. The molecule has 5 nitrogen and oxygen atoms in total. The average Bonchev–Trinajstić information content (AvgIpc) is 2.91. The van der Waals surface area contributed by atoms with E-state index in [1.807, 2.05) is 48.9 Å². The lowest BCUT2D eigenvalue weighted by atomic mass is 10.2. The molecule has 1 aromatic heterocycles. The quantitative estimate of drug-likeness (QED) is 0.571. The standard InChI is InChI=1S/C19H17ClN4O/c1-13-18(14(2)24(23-13)17-6-4-3-5-7-17)12-21-22-19(25)15-8-10-16(20)11-9-15/h3-12H,1-2H3,(H,22,25)/b21-12+. The first-order chi connectivity index (χ1) is 12.1. The monoisotopic (exact) mass is 352 g/mol. The van der Waals surface area contributed by atoms with E-state index in [0.717, 1.165) is 22.6 Å². The Bertz CT molecular complexity index is 915. The number of halogens is 1. The molecular weight excluding hydrogens is 336 g/mol. The van der Waals surface area contributed by atoms with Gasteiger partial charge in [0.05, 0.1) is 23.3 Å². The zero-order valence-electron chi connectivity index (χ0n) is 13.9. The van der Waals surface area contributed by atoms with E-state index < -0.39 is 0 Å². The topological polar surface area (TPSA) is 59.3 Å². The van der Waals surface area contributed by atoms with E-state index in [0.29, 0.717) is 10.6 Å². The van der Waals surface area contributed by atoms with Crippen molar-refractivity contribution >= 4 is 23.7 Å². The maximum absolute atomic E-state index is 12.1. The third-order valence-electron chi connectivity index (χ3n) is 3.81. The van der Waals surface area contributed by atoms with Crippen molar-refractivity contribution in [3.8, 4) is 5.69 Å². The second kappa shape index (κ2) is 7.32. The Morgan fingerprint density at radius 2 is 1.80 bits per heavy atom. The molecule has 1 amide bonds. The molecule has 1 N–H and O–H groups in total. The van der Waals surface area contributed by atoms with Crippen molar-refractivity contribution in [3.05, 3.63) is 82.1 Å². The van der Waals surface area contributed by atoms with Crippen LogP contribution in [0.1, 0.15) is 27.3 Å². The van der Waals surface area contributed by atoms with E-state index in [9.17, 15) is 4.79 Å². The van der Waals surface area contributed by atoms with Gasteiger partial charge in [0.15, 0.2) is 0 Å². The molecule has 6 heteroatoms. The number of hydrogen-bond acceptors (Lipinski definition) is 3. The van der Waals surface area contributed by atoms with E-state index >= 15 is 0 Å². The average molecular weight is 353 g/mol. The number of rotatable bonds is 4. The van der Waals surface area contributed by atoms with Crippen molar-refractivity contribution in [2.45, 2.75) is 13.8 Å². The van der Waals surface area contributed by atoms with Crippen molar-refractivity contribution < 1.29 is 4.79 Å². The molecule has 0 aliphatic heterocycles. The molecule has 25 heavy (non-hydrogen) atoms. The summed E-state index contributed by atoms with van der Waals surface area (Å²) < 4.78 is 1.86. The molecule has 0 saturated carbocycles. The third kappa shape index (κ3) is 3.78. The van der Waals surface area contributed by atoms with Gasteiger partial charge in [0, 0.05) is 16.1 Å². The SMILES string of the molecule is Cc1nn(-c2ccccc2)c(C)c1/C=N/NC(=O)c1ccc(Cl)cc1. The van der Waals surface area contributed by atoms with Gasteiger partial charge in [0.1, 0.15) is 0 Å². The van der Waals surface area contributed by atoms with Crippen molar-refractivity contribution in [2.24, 2.45) is 5.10 Å². The molecule has 0 aliphatic carbocycles. The zero-order valence-corrected chi connectivity index (χ0v) is 14.7. The molecule has 3 aromatic rings. The number of para-hydroxylation sites is 1. The summed E-state index contributed by atoms with van der Waals surface area (Å²) in [5, 5.41) is 9.19. The maximum atomic E-state index is 12.1. The van der Waals surface area contributed by atoms with Crippen LogP contribution in [0.15, 0.2) is 59.7 Å². The third-order valence-corrected chi connectivity index (χ3v) is 4.07. The number of carbonyl (C=O) groups excluding carboxylic acids is 1. The summed E-state index contributed by atoms with van der Waals surface area (Å²) in [7, 11) is 0. The number of aromatic nitrogens is 2. The molecule has 2 aromatic carbocycles. The minimum atomic E-state index is -0.293. The van der Waals surface area contributed by atoms with Gasteiger partial charge in [-0.25, -0.2) is 10.1 Å². The Kier molecular flexibility index (Phi) is 4.95. The number of nitrogens with zero attached hydrogens (tertiary/aromatic N) is 3. The van der Waals surface area contributed by atoms with Crippen molar-refractivity contribution in [1.29, 1.82) is 0 Å². The predicted molar refractivity (Wildman–Crippen MR) is 99.6 cm³/mol. The molecule has 0 fully saturated rings. The highest BCUT2D eigenvalue weighted by Gasteiger charge is 2.11. The van der Waals surface area contributed by atoms with Crippen LogP contribution in [-0.4, -0.2) is 21.9 Å². The smallest absolute Gasteiger partial charge is 0.267 e. The van der Waals surface area contributed by atoms with E-state index in [1.165, 1.54) is 0 Å². The van der Waals surface area contributed by atoms with Crippen LogP contribution in [-0.2, 0) is 0 Å². The number of hydrogen-bond donors (Lipinski definition) is 1. The highest BCUT2D eigenvalue weighted by Crippen LogP contribution is 2.16. The van der Waals surface area contributed by atoms with Gasteiger partial charge >= 0.3 is 0 Å². The Labute approximate surface area is 150 Å². The largest absolute Gasteiger partial charge is 0.271 e. The molecule has 0 saturated heterocycles. The highest BCUT2D eigenvalue weighted by atomic mass is 35.5. The van der Waals surface area contributed by atoms with Gasteiger partial charge in [-0.05, 0) is 50.2 Å². The Morgan fingerprint density at radius 3 is 2.48 bits per heavy atom. The maximum Gasteiger partial charge on any atom is 0.271 e. The summed E-state index contributed by atoms with van der Waals surface area (Å²) in [6, 6.07) is 16.5. The molecule has 0 atom stereocenters. The van der Waals surface area contributed by atoms with E-state index in [4.69, 9.17) is 11.6 Å². The van der Waals surface area contributed by atoms with Gasteiger partial charge in [0.2, 0.25) is 0 Å². The Balaban J connectivity index is 1.77. The summed E-state index contributed by atoms with van der Waals surface area (Å²) in [6.07, 6.45) is 1.62. The van der Waals surface area contributed by atoms with Gasteiger partial charge in [0.25, 0.3) is 5.91 Å². The van der Waals surface area contributed by atoms with Gasteiger partial charge in [-0.3, -0.25) is 4.79 Å². The normalized spacial score (nSPS) is 11.0. The fourth-order valence-corrected chi connectivity index (χ4v) is 2.61. The molecule has 0 radical (unpaired) electrons. The van der Waals surface area contributed by atoms with Crippen molar-refractivity contribution in [3.63, 3.8) is 0 Å². The summed E-state index contributed by atoms with van der Waals surface area (Å²) in [6.45, 7) is 3.88. The zero-order chi connectivity index (χ0) is 17.8. The first-order valence-electron chi connectivity index (χ1n) is 7.77. The second-order valence-corrected chi connectivity index (χ2v) is 5.97. The molecule has 3 rings (SSSR count). The van der Waals surface area contributed by atoms with Crippen LogP contribution in [0.3, 0.4) is 0 Å². The lowest BCUT2D eigenvalue weighted by molar-refractivity contribution is 0.0955. The predicted octanol–water partition coefficient (Wildman–Crippen LogP) is 3.91. The Morgan fingerprint density at radius 1 is 1.12 bits per heavy atom. The van der Waals surface area contributed by atoms with E-state index in [1.54, 1.807) is 30.5 Å². The number of hydrazone groups is 1. The van der Waals surface area contributed by atoms with Gasteiger partial charge in [-0.15, -0.1) is 0 Å². The van der Waals surface area contributed by atoms with Gasteiger partial charge in [-0.2, -0.15) is 10.2 Å². The second-order valence-electron chi connectivity index (χ2n) is 5.54. The first-order valence-corrected chi connectivity index (χ1v) is 8.14. The van der Waals surface area contributed by atoms with Gasteiger partial charge < -0.3 is 0 Å². The minimum absolute atomic E-state index is 0.293. The highest BCUT2D eigenvalue weighted by molar-refractivity contribution is 6.30. The van der Waals surface area contributed by atoms with Gasteiger partial charge in [-0.1, -0.05) is 29.8 Å². The molecular formula is C19H17ClN4O. The summed E-state index contributed by atoms with van der Waals surface area (Å²) in [4.78, 5) is 12.1. The molecule has 1 heterocycles. The number of nitrogens with one attached hydrogen (secondary N) is 1. The first kappa shape index (κ1) is 16.9. The fraction of sp³-hybridized carbons (Fsp3) is 0.105. The number of carbonyl (C=O) groups is 1. The van der Waals surface area contributed by atoms with Crippen LogP contribution >= 0.6 is 11.6 Å². The minimum Gasteiger partial charge on any atom is -0.267 e. The molecule has 0 unspecified atom stereocenters. The van der Waals surface area contributed by atoms with Crippen LogP contribution in [0, 0.1) is 13.8 Å². The van der Waals surface area contributed by atoms with Crippen LogP contribution in [0.25, 0.3) is 5.69 Å². The number of amides is 1. The number of benzene rings is 2. The Hall–Kier alpha value is -2.92. The number of aryl methyl sites for hydroxylation is 1.